The summed E-state index contributed by atoms with van der Waals surface area (Å²) in [4.78, 5) is 27.7. The van der Waals surface area contributed by atoms with Crippen molar-refractivity contribution in [3.63, 3.8) is 0 Å². The summed E-state index contributed by atoms with van der Waals surface area (Å²) in [7, 11) is 0. The van der Waals surface area contributed by atoms with E-state index in [1.165, 1.54) is 0 Å². The lowest BCUT2D eigenvalue weighted by molar-refractivity contribution is 0.0937. The summed E-state index contributed by atoms with van der Waals surface area (Å²) in [6, 6.07) is 6.28. The van der Waals surface area contributed by atoms with Crippen molar-refractivity contribution in [2.45, 2.75) is 44.7 Å². The summed E-state index contributed by atoms with van der Waals surface area (Å²) in [6.07, 6.45) is 5.51. The predicted octanol–water partition coefficient (Wildman–Crippen LogP) is 2.55. The molecule has 0 bridgehead atoms. The van der Waals surface area contributed by atoms with Crippen LogP contribution in [0.3, 0.4) is 0 Å². The van der Waals surface area contributed by atoms with E-state index >= 15 is 0 Å². The highest BCUT2D eigenvalue weighted by atomic mass is 16.5. The van der Waals surface area contributed by atoms with Crippen molar-refractivity contribution in [2.24, 2.45) is 0 Å². The topological polar surface area (TPSA) is 97.0 Å². The van der Waals surface area contributed by atoms with E-state index in [0.717, 1.165) is 54.5 Å². The number of carbonyl (C=O) groups is 1. The molecule has 1 aliphatic heterocycles. The average Bonchev–Trinajstić information content (AvgIpc) is 3.17. The summed E-state index contributed by atoms with van der Waals surface area (Å²) in [5.41, 5.74) is 2.06. The number of hydrogen-bond donors (Lipinski definition) is 1. The summed E-state index contributed by atoms with van der Waals surface area (Å²) in [5, 5.41) is 7.79. The fraction of sp³-hybridized carbons (Fsp3) is 0.421. The maximum absolute atomic E-state index is 12.2. The zero-order valence-corrected chi connectivity index (χ0v) is 15.1. The molecule has 1 N–H and O–H groups in total. The van der Waals surface area contributed by atoms with Crippen molar-refractivity contribution in [1.29, 1.82) is 0 Å². The van der Waals surface area contributed by atoms with Crippen molar-refractivity contribution in [3.05, 3.63) is 41.8 Å². The summed E-state index contributed by atoms with van der Waals surface area (Å²) < 4.78 is 5.45. The Morgan fingerprint density at radius 1 is 1.26 bits per heavy atom. The van der Waals surface area contributed by atoms with Crippen molar-refractivity contribution >= 4 is 22.6 Å². The predicted molar refractivity (Wildman–Crippen MR) is 98.4 cm³/mol. The standard InChI is InChI=1S/C19H20N6O2/c1-11-4-2-5-13-15(11)20-10-21-17(13)25-9-3-6-14(25)19-23-16(24-27-19)18(26)22-12-7-8-12/h2,4-5,10,12,14H,3,6-9H2,1H3,(H,22,26)/t14-/m1/s1. The van der Waals surface area contributed by atoms with Crippen molar-refractivity contribution in [3.8, 4) is 0 Å². The van der Waals surface area contributed by atoms with Crippen LogP contribution in [0.2, 0.25) is 0 Å². The second-order valence-corrected chi connectivity index (χ2v) is 7.22. The van der Waals surface area contributed by atoms with E-state index in [1.54, 1.807) is 6.33 Å². The van der Waals surface area contributed by atoms with Gasteiger partial charge in [0.1, 0.15) is 18.2 Å². The van der Waals surface area contributed by atoms with Gasteiger partial charge in [-0.25, -0.2) is 9.97 Å². The SMILES string of the molecule is Cc1cccc2c(N3CCC[C@@H]3c3nc(C(=O)NC4CC4)no3)ncnc12. The minimum atomic E-state index is -0.264. The molecular weight excluding hydrogens is 344 g/mol. The first-order chi connectivity index (χ1) is 13.2. The molecule has 3 aromatic rings. The van der Waals surface area contributed by atoms with Gasteiger partial charge in [-0.05, 0) is 44.2 Å². The lowest BCUT2D eigenvalue weighted by Crippen LogP contribution is -2.27. The number of carbonyl (C=O) groups excluding carboxylic acids is 1. The van der Waals surface area contributed by atoms with Gasteiger partial charge in [-0.2, -0.15) is 4.98 Å². The summed E-state index contributed by atoms with van der Waals surface area (Å²) in [6.45, 7) is 2.89. The summed E-state index contributed by atoms with van der Waals surface area (Å²) in [5.74, 6) is 1.17. The highest BCUT2D eigenvalue weighted by Crippen LogP contribution is 2.37. The van der Waals surface area contributed by atoms with Gasteiger partial charge in [0.2, 0.25) is 5.89 Å². The van der Waals surface area contributed by atoms with Crippen LogP contribution in [0.25, 0.3) is 10.9 Å². The van der Waals surface area contributed by atoms with Crippen molar-refractivity contribution in [1.82, 2.24) is 25.4 Å². The number of nitrogens with one attached hydrogen (secondary N) is 1. The Labute approximate surface area is 156 Å². The van der Waals surface area contributed by atoms with E-state index in [4.69, 9.17) is 4.52 Å². The third-order valence-electron chi connectivity index (χ3n) is 5.21. The number of rotatable bonds is 4. The molecule has 1 saturated carbocycles. The average molecular weight is 364 g/mol. The van der Waals surface area contributed by atoms with Crippen LogP contribution in [0.1, 0.15) is 53.8 Å². The lowest BCUT2D eigenvalue weighted by atomic mass is 10.1. The zero-order valence-electron chi connectivity index (χ0n) is 15.1. The van der Waals surface area contributed by atoms with E-state index in [9.17, 15) is 4.79 Å². The van der Waals surface area contributed by atoms with Gasteiger partial charge in [0.25, 0.3) is 11.7 Å². The Morgan fingerprint density at radius 3 is 3.00 bits per heavy atom. The fourth-order valence-electron chi connectivity index (χ4n) is 3.67. The Kier molecular flexibility index (Phi) is 3.77. The second-order valence-electron chi connectivity index (χ2n) is 7.22. The number of benzene rings is 1. The van der Waals surface area contributed by atoms with Crippen LogP contribution in [0, 0.1) is 6.92 Å². The molecule has 1 atom stereocenters. The Bertz CT molecular complexity index is 1010. The van der Waals surface area contributed by atoms with E-state index in [-0.39, 0.29) is 23.8 Å². The van der Waals surface area contributed by atoms with Crippen LogP contribution in [-0.4, -0.2) is 38.6 Å². The van der Waals surface area contributed by atoms with Gasteiger partial charge in [0, 0.05) is 18.0 Å². The monoisotopic (exact) mass is 364 g/mol. The van der Waals surface area contributed by atoms with Gasteiger partial charge >= 0.3 is 0 Å². The number of anilines is 1. The number of aromatic nitrogens is 4. The quantitative estimate of drug-likeness (QED) is 0.760. The molecule has 1 aliphatic carbocycles. The van der Waals surface area contributed by atoms with Gasteiger partial charge in [-0.15, -0.1) is 0 Å². The van der Waals surface area contributed by atoms with Crippen LogP contribution in [-0.2, 0) is 0 Å². The number of amides is 1. The number of fused-ring (bicyclic) bond motifs is 1. The van der Waals surface area contributed by atoms with Crippen molar-refractivity contribution < 1.29 is 9.32 Å². The molecule has 5 rings (SSSR count). The Hall–Kier alpha value is -3.03. The molecule has 27 heavy (non-hydrogen) atoms. The molecule has 0 unspecified atom stereocenters. The smallest absolute Gasteiger partial charge is 0.292 e. The third kappa shape index (κ3) is 2.90. The van der Waals surface area contributed by atoms with Gasteiger partial charge in [0.05, 0.1) is 5.52 Å². The van der Waals surface area contributed by atoms with Crippen LogP contribution in [0.4, 0.5) is 5.82 Å². The second kappa shape index (κ2) is 6.29. The third-order valence-corrected chi connectivity index (χ3v) is 5.21. The zero-order chi connectivity index (χ0) is 18.4. The largest absolute Gasteiger partial charge is 0.346 e. The van der Waals surface area contributed by atoms with E-state index in [0.29, 0.717) is 5.89 Å². The molecule has 3 heterocycles. The number of nitrogens with zero attached hydrogens (tertiary/aromatic N) is 5. The molecule has 1 amide bonds. The van der Waals surface area contributed by atoms with Gasteiger partial charge in [-0.3, -0.25) is 4.79 Å². The number of aryl methyl sites for hydroxylation is 1. The first-order valence-electron chi connectivity index (χ1n) is 9.32. The maximum atomic E-state index is 12.2. The molecular formula is C19H20N6O2. The molecule has 0 spiro atoms. The van der Waals surface area contributed by atoms with Crippen LogP contribution < -0.4 is 10.2 Å². The van der Waals surface area contributed by atoms with Crippen molar-refractivity contribution in [2.75, 3.05) is 11.4 Å². The minimum Gasteiger partial charge on any atom is -0.346 e. The molecule has 2 aromatic heterocycles. The van der Waals surface area contributed by atoms with E-state index in [2.05, 4.69) is 30.3 Å². The molecule has 0 radical (unpaired) electrons. The number of hydrogen-bond acceptors (Lipinski definition) is 7. The Balaban J connectivity index is 1.47. The molecule has 8 nitrogen and oxygen atoms in total. The van der Waals surface area contributed by atoms with Crippen LogP contribution >= 0.6 is 0 Å². The lowest BCUT2D eigenvalue weighted by Gasteiger charge is -2.24. The highest BCUT2D eigenvalue weighted by molar-refractivity contribution is 5.92. The number of para-hydroxylation sites is 1. The minimum absolute atomic E-state index is 0.0846. The maximum Gasteiger partial charge on any atom is 0.292 e. The molecule has 2 fully saturated rings. The molecule has 8 heteroatoms. The van der Waals surface area contributed by atoms with Gasteiger partial charge in [-0.1, -0.05) is 17.3 Å². The molecule has 2 aliphatic rings. The van der Waals surface area contributed by atoms with E-state index in [1.807, 2.05) is 25.1 Å². The first kappa shape index (κ1) is 16.2. The van der Waals surface area contributed by atoms with Gasteiger partial charge in [0.15, 0.2) is 0 Å². The highest BCUT2D eigenvalue weighted by Gasteiger charge is 2.34. The molecule has 138 valence electrons. The summed E-state index contributed by atoms with van der Waals surface area (Å²) >= 11 is 0. The Morgan fingerprint density at radius 2 is 2.15 bits per heavy atom. The molecule has 1 aromatic carbocycles. The fourth-order valence-corrected chi connectivity index (χ4v) is 3.67. The van der Waals surface area contributed by atoms with E-state index < -0.39 is 0 Å². The van der Waals surface area contributed by atoms with Crippen LogP contribution in [0.5, 0.6) is 0 Å². The van der Waals surface area contributed by atoms with Gasteiger partial charge < -0.3 is 14.7 Å². The first-order valence-corrected chi connectivity index (χ1v) is 9.32. The normalized spacial score (nSPS) is 19.6. The molecule has 1 saturated heterocycles. The van der Waals surface area contributed by atoms with Crippen LogP contribution in [0.15, 0.2) is 29.0 Å².